The first-order valence-electron chi connectivity index (χ1n) is 10.3. The number of benzene rings is 2. The molecule has 0 fully saturated rings. The largest absolute Gasteiger partial charge is 0.330 e. The monoisotopic (exact) mass is 447 g/mol. The molecule has 0 saturated heterocycles. The summed E-state index contributed by atoms with van der Waals surface area (Å²) in [5.74, 6) is -1.50. The minimum Gasteiger partial charge on any atom is -0.330 e. The number of nitrogens with zero attached hydrogens (tertiary/aromatic N) is 2. The third kappa shape index (κ3) is 4.02. The maximum absolute atomic E-state index is 13.7. The standard InChI is InChI=1S/C25H22FN3O2S/c1-15(2)13-29-23(16-9-10-32-14-16)22(19-5-3-4-6-20(19)25(29)31)24(30)28-18-7-8-21(26)17(11-18)12-27/h3-11,14-15,22-23H,13H2,1-2H3,(H,28,30)/t22-,23+/m0/s1. The van der Waals surface area contributed by atoms with Crippen molar-refractivity contribution in [2.45, 2.75) is 25.8 Å². The molecular formula is C25H22FN3O2S. The van der Waals surface area contributed by atoms with E-state index in [0.717, 1.165) is 11.6 Å². The van der Waals surface area contributed by atoms with Crippen molar-refractivity contribution < 1.29 is 14.0 Å². The van der Waals surface area contributed by atoms with Crippen LogP contribution in [0.1, 0.15) is 52.9 Å². The van der Waals surface area contributed by atoms with E-state index in [1.807, 2.05) is 42.8 Å². The molecule has 4 rings (SSSR count). The van der Waals surface area contributed by atoms with Gasteiger partial charge in [0.05, 0.1) is 17.5 Å². The van der Waals surface area contributed by atoms with Gasteiger partial charge in [-0.25, -0.2) is 4.39 Å². The molecule has 0 saturated carbocycles. The fourth-order valence-electron chi connectivity index (χ4n) is 4.19. The molecule has 7 heteroatoms. The molecule has 0 spiro atoms. The van der Waals surface area contributed by atoms with E-state index in [1.54, 1.807) is 23.1 Å². The Balaban J connectivity index is 1.81. The molecule has 1 aliphatic rings. The fraction of sp³-hybridized carbons (Fsp3) is 0.240. The van der Waals surface area contributed by atoms with Gasteiger partial charge < -0.3 is 10.2 Å². The van der Waals surface area contributed by atoms with Gasteiger partial charge in [0.15, 0.2) is 0 Å². The number of halogens is 1. The van der Waals surface area contributed by atoms with E-state index in [0.29, 0.717) is 23.4 Å². The minimum absolute atomic E-state index is 0.0944. The first-order chi connectivity index (χ1) is 15.4. The number of anilines is 1. The summed E-state index contributed by atoms with van der Waals surface area (Å²) in [5, 5.41) is 15.9. The molecule has 2 atom stereocenters. The molecule has 0 bridgehead atoms. The van der Waals surface area contributed by atoms with Crippen LogP contribution >= 0.6 is 11.3 Å². The molecule has 1 N–H and O–H groups in total. The van der Waals surface area contributed by atoms with Crippen molar-refractivity contribution in [3.05, 3.63) is 87.4 Å². The number of hydrogen-bond acceptors (Lipinski definition) is 4. The summed E-state index contributed by atoms with van der Waals surface area (Å²) in [7, 11) is 0. The van der Waals surface area contributed by atoms with Gasteiger partial charge in [0, 0.05) is 17.8 Å². The third-order valence-electron chi connectivity index (χ3n) is 5.52. The van der Waals surface area contributed by atoms with Crippen molar-refractivity contribution in [2.24, 2.45) is 5.92 Å². The minimum atomic E-state index is -0.659. The summed E-state index contributed by atoms with van der Waals surface area (Å²) in [5.41, 5.74) is 2.26. The van der Waals surface area contributed by atoms with Gasteiger partial charge in [-0.2, -0.15) is 16.6 Å². The van der Waals surface area contributed by atoms with Crippen molar-refractivity contribution in [1.29, 1.82) is 5.26 Å². The molecule has 0 radical (unpaired) electrons. The van der Waals surface area contributed by atoms with Crippen LogP contribution in [0.5, 0.6) is 0 Å². The second-order valence-corrected chi connectivity index (χ2v) is 8.99. The van der Waals surface area contributed by atoms with Gasteiger partial charge in [-0.3, -0.25) is 9.59 Å². The average molecular weight is 448 g/mol. The Kier molecular flexibility index (Phi) is 6.06. The lowest BCUT2D eigenvalue weighted by molar-refractivity contribution is -0.119. The van der Waals surface area contributed by atoms with E-state index in [9.17, 15) is 14.0 Å². The summed E-state index contributed by atoms with van der Waals surface area (Å²) in [6.07, 6.45) is 0. The number of carbonyl (C=O) groups is 2. The summed E-state index contributed by atoms with van der Waals surface area (Å²) < 4.78 is 13.7. The molecule has 1 aliphatic heterocycles. The quantitative estimate of drug-likeness (QED) is 0.574. The lowest BCUT2D eigenvalue weighted by atomic mass is 9.79. The zero-order valence-corrected chi connectivity index (χ0v) is 18.5. The highest BCUT2D eigenvalue weighted by Gasteiger charge is 2.44. The summed E-state index contributed by atoms with van der Waals surface area (Å²) in [4.78, 5) is 28.8. The van der Waals surface area contributed by atoms with Crippen LogP contribution in [0.4, 0.5) is 10.1 Å². The van der Waals surface area contributed by atoms with E-state index in [2.05, 4.69) is 5.32 Å². The number of thiophene rings is 1. The van der Waals surface area contributed by atoms with E-state index in [4.69, 9.17) is 5.26 Å². The maximum Gasteiger partial charge on any atom is 0.254 e. The van der Waals surface area contributed by atoms with Gasteiger partial charge in [0.25, 0.3) is 5.91 Å². The first-order valence-corrected chi connectivity index (χ1v) is 11.3. The Bertz CT molecular complexity index is 1200. The average Bonchev–Trinajstić information content (AvgIpc) is 3.31. The maximum atomic E-state index is 13.7. The lowest BCUT2D eigenvalue weighted by Gasteiger charge is -2.42. The number of amides is 2. The van der Waals surface area contributed by atoms with Crippen LogP contribution in [0.15, 0.2) is 59.3 Å². The molecule has 2 heterocycles. The molecule has 32 heavy (non-hydrogen) atoms. The van der Waals surface area contributed by atoms with Gasteiger partial charge in [0.1, 0.15) is 11.9 Å². The lowest BCUT2D eigenvalue weighted by Crippen LogP contribution is -2.47. The van der Waals surface area contributed by atoms with E-state index >= 15 is 0 Å². The molecular weight excluding hydrogens is 425 g/mol. The van der Waals surface area contributed by atoms with Crippen molar-refractivity contribution in [2.75, 3.05) is 11.9 Å². The normalized spacial score (nSPS) is 17.7. The Hall–Kier alpha value is -3.50. The van der Waals surface area contributed by atoms with E-state index in [-0.39, 0.29) is 23.3 Å². The molecule has 1 aromatic heterocycles. The van der Waals surface area contributed by atoms with Crippen LogP contribution in [0.3, 0.4) is 0 Å². The van der Waals surface area contributed by atoms with Crippen LogP contribution in [0.2, 0.25) is 0 Å². The molecule has 162 valence electrons. The SMILES string of the molecule is CC(C)CN1C(=O)c2ccccc2[C@H](C(=O)Nc2ccc(F)c(C#N)c2)[C@H]1c1ccsc1. The molecule has 5 nitrogen and oxygen atoms in total. The highest BCUT2D eigenvalue weighted by molar-refractivity contribution is 7.08. The topological polar surface area (TPSA) is 73.2 Å². The molecule has 2 amide bonds. The van der Waals surface area contributed by atoms with Gasteiger partial charge in [-0.15, -0.1) is 0 Å². The van der Waals surface area contributed by atoms with Crippen LogP contribution < -0.4 is 5.32 Å². The van der Waals surface area contributed by atoms with E-state index in [1.165, 1.54) is 23.5 Å². The van der Waals surface area contributed by atoms with Crippen LogP contribution in [-0.2, 0) is 4.79 Å². The van der Waals surface area contributed by atoms with Crippen LogP contribution in [0.25, 0.3) is 0 Å². The number of nitriles is 1. The molecule has 3 aromatic rings. The highest BCUT2D eigenvalue weighted by atomic mass is 32.1. The Labute approximate surface area is 190 Å². The fourth-order valence-corrected chi connectivity index (χ4v) is 4.88. The Morgan fingerprint density at radius 2 is 2.03 bits per heavy atom. The number of nitrogens with one attached hydrogen (secondary N) is 1. The van der Waals surface area contributed by atoms with Crippen molar-refractivity contribution in [3.63, 3.8) is 0 Å². The summed E-state index contributed by atoms with van der Waals surface area (Å²) in [6.45, 7) is 4.58. The van der Waals surface area contributed by atoms with Gasteiger partial charge in [-0.05, 0) is 58.1 Å². The number of fused-ring (bicyclic) bond motifs is 1. The number of rotatable bonds is 5. The van der Waals surface area contributed by atoms with E-state index < -0.39 is 17.8 Å². The van der Waals surface area contributed by atoms with Gasteiger partial charge in [-0.1, -0.05) is 32.0 Å². The molecule has 0 aliphatic carbocycles. The molecule has 2 aromatic carbocycles. The zero-order valence-electron chi connectivity index (χ0n) is 17.7. The van der Waals surface area contributed by atoms with Gasteiger partial charge >= 0.3 is 0 Å². The number of carbonyl (C=O) groups excluding carboxylic acids is 2. The third-order valence-corrected chi connectivity index (χ3v) is 6.22. The Morgan fingerprint density at radius 3 is 2.72 bits per heavy atom. The first kappa shape index (κ1) is 21.7. The smallest absolute Gasteiger partial charge is 0.254 e. The van der Waals surface area contributed by atoms with Crippen LogP contribution in [-0.4, -0.2) is 23.3 Å². The van der Waals surface area contributed by atoms with Crippen LogP contribution in [0, 0.1) is 23.1 Å². The number of hydrogen-bond donors (Lipinski definition) is 1. The predicted molar refractivity (Wildman–Crippen MR) is 122 cm³/mol. The zero-order chi connectivity index (χ0) is 22.8. The summed E-state index contributed by atoms with van der Waals surface area (Å²) in [6, 6.07) is 14.4. The molecule has 0 unspecified atom stereocenters. The van der Waals surface area contributed by atoms with Crippen molar-refractivity contribution in [3.8, 4) is 6.07 Å². The van der Waals surface area contributed by atoms with Crippen molar-refractivity contribution >= 4 is 28.8 Å². The Morgan fingerprint density at radius 1 is 1.25 bits per heavy atom. The highest BCUT2D eigenvalue weighted by Crippen LogP contribution is 2.44. The van der Waals surface area contributed by atoms with Crippen molar-refractivity contribution in [1.82, 2.24) is 4.90 Å². The predicted octanol–water partition coefficient (Wildman–Crippen LogP) is 5.33. The summed E-state index contributed by atoms with van der Waals surface area (Å²) >= 11 is 1.51. The van der Waals surface area contributed by atoms with Gasteiger partial charge in [0.2, 0.25) is 5.91 Å². The second-order valence-electron chi connectivity index (χ2n) is 8.21. The second kappa shape index (κ2) is 8.93.